The van der Waals surface area contributed by atoms with E-state index in [0.29, 0.717) is 22.6 Å². The van der Waals surface area contributed by atoms with Crippen LogP contribution in [0.2, 0.25) is 5.02 Å². The maximum Gasteiger partial charge on any atom is 0.275 e. The molecule has 0 saturated carbocycles. The summed E-state index contributed by atoms with van der Waals surface area (Å²) in [5.41, 5.74) is 0.389. The van der Waals surface area contributed by atoms with Crippen LogP contribution in [0.5, 0.6) is 0 Å². The highest BCUT2D eigenvalue weighted by atomic mass is 35.5. The molecule has 2 atom stereocenters. The van der Waals surface area contributed by atoms with Gasteiger partial charge in [-0.15, -0.1) is 0 Å². The maximum absolute atomic E-state index is 12.4. The highest BCUT2D eigenvalue weighted by Gasteiger charge is 2.28. The zero-order chi connectivity index (χ0) is 13.3. The minimum atomic E-state index is -0.0365. The number of aryl methyl sites for hydroxylation is 1. The van der Waals surface area contributed by atoms with E-state index in [1.54, 1.807) is 10.9 Å². The zero-order valence-corrected chi connectivity index (χ0v) is 11.9. The Morgan fingerprint density at radius 3 is 2.56 bits per heavy atom. The number of rotatable bonds is 2. The van der Waals surface area contributed by atoms with Gasteiger partial charge in [0, 0.05) is 25.8 Å². The number of halogens is 1. The zero-order valence-electron chi connectivity index (χ0n) is 11.2. The van der Waals surface area contributed by atoms with Gasteiger partial charge in [-0.3, -0.25) is 9.48 Å². The summed E-state index contributed by atoms with van der Waals surface area (Å²) in [4.78, 5) is 14.3. The standard InChI is InChI=1S/C13H20ClN3O/c1-4-17-8-11(14)12(15-17)13(18)16-6-9(2)5-10(3)7-16/h8-10H,4-7H2,1-3H3/t9-,10-/m1/s1. The lowest BCUT2D eigenvalue weighted by Gasteiger charge is -2.34. The van der Waals surface area contributed by atoms with E-state index >= 15 is 0 Å². The van der Waals surface area contributed by atoms with Gasteiger partial charge in [0.15, 0.2) is 5.69 Å². The Balaban J connectivity index is 2.17. The molecule has 1 fully saturated rings. The van der Waals surface area contributed by atoms with Gasteiger partial charge >= 0.3 is 0 Å². The first-order valence-electron chi connectivity index (χ1n) is 6.53. The third kappa shape index (κ3) is 2.69. The van der Waals surface area contributed by atoms with Crippen molar-refractivity contribution in [2.24, 2.45) is 11.8 Å². The molecule has 18 heavy (non-hydrogen) atoms. The molecular formula is C13H20ClN3O. The number of hydrogen-bond acceptors (Lipinski definition) is 2. The highest BCUT2D eigenvalue weighted by molar-refractivity contribution is 6.33. The van der Waals surface area contributed by atoms with E-state index < -0.39 is 0 Å². The molecule has 1 aromatic heterocycles. The SMILES string of the molecule is CCn1cc(Cl)c(C(=O)N2C[C@H](C)C[C@@H](C)C2)n1. The van der Waals surface area contributed by atoms with E-state index in [-0.39, 0.29) is 5.91 Å². The predicted molar refractivity (Wildman–Crippen MR) is 71.8 cm³/mol. The number of carbonyl (C=O) groups excluding carboxylic acids is 1. The lowest BCUT2D eigenvalue weighted by Crippen LogP contribution is -2.42. The minimum absolute atomic E-state index is 0.0365. The fourth-order valence-corrected chi connectivity index (χ4v) is 2.91. The maximum atomic E-state index is 12.4. The first kappa shape index (κ1) is 13.4. The Bertz CT molecular complexity index is 433. The van der Waals surface area contributed by atoms with Crippen molar-refractivity contribution >= 4 is 17.5 Å². The van der Waals surface area contributed by atoms with Crippen molar-refractivity contribution in [1.82, 2.24) is 14.7 Å². The van der Waals surface area contributed by atoms with Crippen molar-refractivity contribution in [3.05, 3.63) is 16.9 Å². The molecule has 0 aliphatic carbocycles. The van der Waals surface area contributed by atoms with Crippen LogP contribution in [-0.4, -0.2) is 33.7 Å². The topological polar surface area (TPSA) is 38.1 Å². The molecule has 1 aliphatic heterocycles. The van der Waals surface area contributed by atoms with Crippen LogP contribution >= 0.6 is 11.6 Å². The number of carbonyl (C=O) groups is 1. The van der Waals surface area contributed by atoms with E-state index in [9.17, 15) is 4.79 Å². The van der Waals surface area contributed by atoms with Crippen molar-refractivity contribution < 1.29 is 4.79 Å². The molecule has 100 valence electrons. The quantitative estimate of drug-likeness (QED) is 0.828. The molecule has 0 N–H and O–H groups in total. The molecule has 0 bridgehead atoms. The molecule has 0 unspecified atom stereocenters. The Labute approximate surface area is 113 Å². The van der Waals surface area contributed by atoms with Crippen molar-refractivity contribution in [2.45, 2.75) is 33.7 Å². The van der Waals surface area contributed by atoms with Crippen LogP contribution in [0.4, 0.5) is 0 Å². The van der Waals surface area contributed by atoms with Gasteiger partial charge in [-0.2, -0.15) is 5.10 Å². The summed E-state index contributed by atoms with van der Waals surface area (Å²) in [6, 6.07) is 0. The average molecular weight is 270 g/mol. The Kier molecular flexibility index (Phi) is 3.95. The number of amides is 1. The Morgan fingerprint density at radius 1 is 1.44 bits per heavy atom. The van der Waals surface area contributed by atoms with Crippen molar-refractivity contribution in [3.8, 4) is 0 Å². The lowest BCUT2D eigenvalue weighted by molar-refractivity contribution is 0.0616. The van der Waals surface area contributed by atoms with E-state index in [4.69, 9.17) is 11.6 Å². The van der Waals surface area contributed by atoms with Gasteiger partial charge in [-0.1, -0.05) is 25.4 Å². The minimum Gasteiger partial charge on any atom is -0.337 e. The van der Waals surface area contributed by atoms with E-state index in [1.807, 2.05) is 11.8 Å². The molecule has 1 amide bonds. The monoisotopic (exact) mass is 269 g/mol. The van der Waals surface area contributed by atoms with Crippen LogP contribution in [0, 0.1) is 11.8 Å². The molecular weight excluding hydrogens is 250 g/mol. The summed E-state index contributed by atoms with van der Waals surface area (Å²) in [6.45, 7) is 8.67. The van der Waals surface area contributed by atoms with Gasteiger partial charge in [0.25, 0.3) is 5.91 Å². The summed E-state index contributed by atoms with van der Waals surface area (Å²) in [5.74, 6) is 1.06. The number of aromatic nitrogens is 2. The Morgan fingerprint density at radius 2 is 2.06 bits per heavy atom. The summed E-state index contributed by atoms with van der Waals surface area (Å²) in [6.07, 6.45) is 2.90. The third-order valence-corrected chi connectivity index (χ3v) is 3.68. The molecule has 2 rings (SSSR count). The van der Waals surface area contributed by atoms with Crippen LogP contribution in [0.15, 0.2) is 6.20 Å². The summed E-state index contributed by atoms with van der Waals surface area (Å²) >= 11 is 6.08. The fourth-order valence-electron chi connectivity index (χ4n) is 2.68. The average Bonchev–Trinajstić information content (AvgIpc) is 2.68. The first-order valence-corrected chi connectivity index (χ1v) is 6.91. The normalized spacial score (nSPS) is 24.3. The molecule has 0 radical (unpaired) electrons. The van der Waals surface area contributed by atoms with Crippen LogP contribution in [0.25, 0.3) is 0 Å². The smallest absolute Gasteiger partial charge is 0.275 e. The second-order valence-corrected chi connectivity index (χ2v) is 5.74. The molecule has 1 aromatic rings. The highest BCUT2D eigenvalue weighted by Crippen LogP contribution is 2.24. The Hall–Kier alpha value is -1.03. The lowest BCUT2D eigenvalue weighted by atomic mass is 9.92. The van der Waals surface area contributed by atoms with Crippen LogP contribution in [0.1, 0.15) is 37.7 Å². The number of nitrogens with zero attached hydrogens (tertiary/aromatic N) is 3. The van der Waals surface area contributed by atoms with E-state index in [0.717, 1.165) is 19.6 Å². The third-order valence-electron chi connectivity index (χ3n) is 3.40. The van der Waals surface area contributed by atoms with Gasteiger partial charge in [0.1, 0.15) is 0 Å². The molecule has 4 nitrogen and oxygen atoms in total. The molecule has 0 aromatic carbocycles. The number of piperidine rings is 1. The van der Waals surface area contributed by atoms with Crippen molar-refractivity contribution in [2.75, 3.05) is 13.1 Å². The molecule has 1 saturated heterocycles. The van der Waals surface area contributed by atoms with Gasteiger partial charge in [-0.05, 0) is 25.2 Å². The molecule has 5 heteroatoms. The van der Waals surface area contributed by atoms with Gasteiger partial charge < -0.3 is 4.90 Å². The number of hydrogen-bond donors (Lipinski definition) is 0. The second kappa shape index (κ2) is 5.31. The van der Waals surface area contributed by atoms with Gasteiger partial charge in [0.05, 0.1) is 5.02 Å². The summed E-state index contributed by atoms with van der Waals surface area (Å²) in [7, 11) is 0. The van der Waals surface area contributed by atoms with Crippen molar-refractivity contribution in [1.29, 1.82) is 0 Å². The first-order chi connectivity index (χ1) is 8.51. The summed E-state index contributed by atoms with van der Waals surface area (Å²) in [5, 5.41) is 4.70. The van der Waals surface area contributed by atoms with Crippen molar-refractivity contribution in [3.63, 3.8) is 0 Å². The largest absolute Gasteiger partial charge is 0.337 e. The molecule has 0 spiro atoms. The molecule has 1 aliphatic rings. The fraction of sp³-hybridized carbons (Fsp3) is 0.692. The number of likely N-dealkylation sites (tertiary alicyclic amines) is 1. The van der Waals surface area contributed by atoms with E-state index in [2.05, 4.69) is 18.9 Å². The summed E-state index contributed by atoms with van der Waals surface area (Å²) < 4.78 is 1.70. The van der Waals surface area contributed by atoms with Crippen LogP contribution in [0.3, 0.4) is 0 Å². The predicted octanol–water partition coefficient (Wildman–Crippen LogP) is 2.67. The van der Waals surface area contributed by atoms with Crippen LogP contribution < -0.4 is 0 Å². The van der Waals surface area contributed by atoms with Crippen LogP contribution in [-0.2, 0) is 6.54 Å². The van der Waals surface area contributed by atoms with Gasteiger partial charge in [-0.25, -0.2) is 0 Å². The molecule has 2 heterocycles. The second-order valence-electron chi connectivity index (χ2n) is 5.34. The van der Waals surface area contributed by atoms with Gasteiger partial charge in [0.2, 0.25) is 0 Å². The van der Waals surface area contributed by atoms with E-state index in [1.165, 1.54) is 6.42 Å².